The van der Waals surface area contributed by atoms with Crippen LogP contribution in [0.3, 0.4) is 0 Å². The molecule has 0 unspecified atom stereocenters. The van der Waals surface area contributed by atoms with Crippen molar-refractivity contribution in [1.29, 1.82) is 0 Å². The van der Waals surface area contributed by atoms with Crippen LogP contribution in [-0.4, -0.2) is 13.1 Å². The molecule has 0 aliphatic carbocycles. The number of carbonyl (C=O) groups excluding carboxylic acids is 1. The molecule has 2 aromatic rings. The van der Waals surface area contributed by atoms with Crippen LogP contribution in [0.1, 0.15) is 12.5 Å². The van der Waals surface area contributed by atoms with E-state index in [0.29, 0.717) is 16.7 Å². The molecule has 100 valence electrons. The molecular formula is C15H16O4. The topological polar surface area (TPSA) is 56.5 Å². The standard InChI is InChI=1S/C10H8O2.C5H8O2/c1-7-6-8-4-2-3-5-9(8)12-10(7)11;1-4(2)5(6)7-3/h2-6H,1H3;1H2,2-3H3. The van der Waals surface area contributed by atoms with Crippen molar-refractivity contribution < 1.29 is 13.9 Å². The maximum Gasteiger partial charge on any atom is 0.339 e. The SMILES string of the molecule is C=C(C)C(=O)OC.Cc1cc2ccccc2oc1=O. The van der Waals surface area contributed by atoms with Gasteiger partial charge in [-0.3, -0.25) is 0 Å². The first-order valence-corrected chi connectivity index (χ1v) is 5.69. The van der Waals surface area contributed by atoms with Gasteiger partial charge in [0.1, 0.15) is 5.58 Å². The summed E-state index contributed by atoms with van der Waals surface area (Å²) >= 11 is 0. The number of benzene rings is 1. The molecular weight excluding hydrogens is 244 g/mol. The zero-order chi connectivity index (χ0) is 14.4. The van der Waals surface area contributed by atoms with Gasteiger partial charge in [-0.1, -0.05) is 24.8 Å². The molecule has 0 aliphatic rings. The van der Waals surface area contributed by atoms with Gasteiger partial charge in [0.25, 0.3) is 0 Å². The van der Waals surface area contributed by atoms with Crippen LogP contribution >= 0.6 is 0 Å². The number of hydrogen-bond acceptors (Lipinski definition) is 4. The Morgan fingerprint density at radius 3 is 2.47 bits per heavy atom. The Kier molecular flexibility index (Phi) is 5.06. The number of para-hydroxylation sites is 1. The van der Waals surface area contributed by atoms with Gasteiger partial charge in [0.15, 0.2) is 0 Å². The molecule has 1 heterocycles. The highest BCUT2D eigenvalue weighted by atomic mass is 16.5. The number of carbonyl (C=O) groups is 1. The Labute approximate surface area is 111 Å². The van der Waals surface area contributed by atoms with Crippen LogP contribution in [0.5, 0.6) is 0 Å². The third-order valence-corrected chi connectivity index (χ3v) is 2.35. The minimum Gasteiger partial charge on any atom is -0.466 e. The Balaban J connectivity index is 0.000000224. The second kappa shape index (κ2) is 6.54. The molecule has 2 rings (SSSR count). The summed E-state index contributed by atoms with van der Waals surface area (Å²) in [7, 11) is 1.33. The average molecular weight is 260 g/mol. The van der Waals surface area contributed by atoms with E-state index in [0.717, 1.165) is 5.39 Å². The largest absolute Gasteiger partial charge is 0.466 e. The van der Waals surface area contributed by atoms with Gasteiger partial charge in [-0.15, -0.1) is 0 Å². The predicted molar refractivity (Wildman–Crippen MR) is 74.1 cm³/mol. The summed E-state index contributed by atoms with van der Waals surface area (Å²) in [4.78, 5) is 21.3. The zero-order valence-corrected chi connectivity index (χ0v) is 11.2. The number of rotatable bonds is 1. The normalized spacial score (nSPS) is 9.42. The molecule has 0 aliphatic heterocycles. The molecule has 19 heavy (non-hydrogen) atoms. The average Bonchev–Trinajstić information content (AvgIpc) is 2.39. The van der Waals surface area contributed by atoms with Crippen molar-refractivity contribution in [3.63, 3.8) is 0 Å². The lowest BCUT2D eigenvalue weighted by atomic mass is 10.2. The smallest absolute Gasteiger partial charge is 0.339 e. The maximum atomic E-state index is 11.1. The lowest BCUT2D eigenvalue weighted by molar-refractivity contribution is -0.136. The van der Waals surface area contributed by atoms with Crippen molar-refractivity contribution in [2.24, 2.45) is 0 Å². The van der Waals surface area contributed by atoms with Crippen LogP contribution in [0.2, 0.25) is 0 Å². The second-order valence-electron chi connectivity index (χ2n) is 4.03. The molecule has 0 saturated carbocycles. The molecule has 4 heteroatoms. The van der Waals surface area contributed by atoms with Crippen molar-refractivity contribution in [3.8, 4) is 0 Å². The summed E-state index contributed by atoms with van der Waals surface area (Å²) < 4.78 is 9.31. The molecule has 0 spiro atoms. The Hall–Kier alpha value is -2.36. The molecule has 0 fully saturated rings. The number of esters is 1. The Bertz CT molecular complexity index is 652. The minimum absolute atomic E-state index is 0.256. The third-order valence-electron chi connectivity index (χ3n) is 2.35. The van der Waals surface area contributed by atoms with Crippen molar-refractivity contribution >= 4 is 16.9 Å². The van der Waals surface area contributed by atoms with E-state index < -0.39 is 0 Å². The molecule has 0 saturated heterocycles. The van der Waals surface area contributed by atoms with Gasteiger partial charge >= 0.3 is 11.6 Å². The number of methoxy groups -OCH3 is 1. The molecule has 4 nitrogen and oxygen atoms in total. The van der Waals surface area contributed by atoms with Gasteiger partial charge in [-0.05, 0) is 26.0 Å². The summed E-state index contributed by atoms with van der Waals surface area (Å²) in [6.07, 6.45) is 0. The number of hydrogen-bond donors (Lipinski definition) is 0. The van der Waals surface area contributed by atoms with E-state index >= 15 is 0 Å². The summed E-state index contributed by atoms with van der Waals surface area (Å²) in [6, 6.07) is 9.31. The minimum atomic E-state index is -0.347. The van der Waals surface area contributed by atoms with Gasteiger partial charge in [0.05, 0.1) is 7.11 Å². The van der Waals surface area contributed by atoms with Crippen molar-refractivity contribution in [3.05, 3.63) is 58.5 Å². The zero-order valence-electron chi connectivity index (χ0n) is 11.2. The van der Waals surface area contributed by atoms with Crippen LogP contribution < -0.4 is 5.63 Å². The maximum absolute atomic E-state index is 11.1. The Morgan fingerprint density at radius 1 is 1.32 bits per heavy atom. The Morgan fingerprint density at radius 2 is 1.95 bits per heavy atom. The highest BCUT2D eigenvalue weighted by Gasteiger charge is 1.98. The van der Waals surface area contributed by atoms with Gasteiger partial charge < -0.3 is 9.15 Å². The highest BCUT2D eigenvalue weighted by Crippen LogP contribution is 2.11. The van der Waals surface area contributed by atoms with Crippen molar-refractivity contribution in [2.75, 3.05) is 7.11 Å². The monoisotopic (exact) mass is 260 g/mol. The van der Waals surface area contributed by atoms with Gasteiger partial charge in [-0.2, -0.15) is 0 Å². The van der Waals surface area contributed by atoms with Gasteiger partial charge in [-0.25, -0.2) is 9.59 Å². The molecule has 1 aromatic heterocycles. The number of fused-ring (bicyclic) bond motifs is 1. The molecule has 1 aromatic carbocycles. The van der Waals surface area contributed by atoms with E-state index in [1.807, 2.05) is 24.3 Å². The quantitative estimate of drug-likeness (QED) is 0.449. The molecule has 0 atom stereocenters. The summed E-state index contributed by atoms with van der Waals surface area (Å²) in [5.41, 5.74) is 1.47. The molecule has 0 N–H and O–H groups in total. The summed E-state index contributed by atoms with van der Waals surface area (Å²) in [6.45, 7) is 6.70. The van der Waals surface area contributed by atoms with Gasteiger partial charge in [0.2, 0.25) is 0 Å². The fraction of sp³-hybridized carbons (Fsp3) is 0.200. The van der Waals surface area contributed by atoms with E-state index in [-0.39, 0.29) is 11.6 Å². The van der Waals surface area contributed by atoms with Crippen molar-refractivity contribution in [2.45, 2.75) is 13.8 Å². The summed E-state index contributed by atoms with van der Waals surface area (Å²) in [5, 5.41) is 0.967. The fourth-order valence-electron chi connectivity index (χ4n) is 1.34. The van der Waals surface area contributed by atoms with Gasteiger partial charge in [0, 0.05) is 16.5 Å². The first-order chi connectivity index (χ1) is 8.95. The first-order valence-electron chi connectivity index (χ1n) is 5.69. The lowest BCUT2D eigenvalue weighted by Gasteiger charge is -1.95. The second-order valence-corrected chi connectivity index (χ2v) is 4.03. The van der Waals surface area contributed by atoms with Crippen LogP contribution in [0, 0.1) is 6.92 Å². The highest BCUT2D eigenvalue weighted by molar-refractivity contribution is 5.86. The molecule has 0 amide bonds. The van der Waals surface area contributed by atoms with Crippen LogP contribution in [0.15, 0.2) is 51.7 Å². The number of aryl methyl sites for hydroxylation is 1. The van der Waals surface area contributed by atoms with Crippen LogP contribution in [-0.2, 0) is 9.53 Å². The number of ether oxygens (including phenoxy) is 1. The lowest BCUT2D eigenvalue weighted by Crippen LogP contribution is -2.01. The fourth-order valence-corrected chi connectivity index (χ4v) is 1.34. The van der Waals surface area contributed by atoms with E-state index in [1.165, 1.54) is 7.11 Å². The van der Waals surface area contributed by atoms with E-state index in [1.54, 1.807) is 19.9 Å². The van der Waals surface area contributed by atoms with E-state index in [2.05, 4.69) is 11.3 Å². The van der Waals surface area contributed by atoms with Crippen molar-refractivity contribution in [1.82, 2.24) is 0 Å². The van der Waals surface area contributed by atoms with E-state index in [4.69, 9.17) is 4.42 Å². The molecule has 0 bridgehead atoms. The van der Waals surface area contributed by atoms with Crippen LogP contribution in [0.25, 0.3) is 11.0 Å². The molecule has 0 radical (unpaired) electrons. The van der Waals surface area contributed by atoms with E-state index in [9.17, 15) is 9.59 Å². The predicted octanol–water partition coefficient (Wildman–Crippen LogP) is 2.84. The van der Waals surface area contributed by atoms with Crippen LogP contribution in [0.4, 0.5) is 0 Å². The third kappa shape index (κ3) is 4.10. The summed E-state index contributed by atoms with van der Waals surface area (Å²) in [5.74, 6) is -0.347. The first kappa shape index (κ1) is 14.7.